The number of rotatable bonds is 9. The number of amides is 1. The average molecular weight is 599 g/mol. The Morgan fingerprint density at radius 2 is 1.84 bits per heavy atom. The number of nitrogens with zero attached hydrogens (tertiary/aromatic N) is 4. The summed E-state index contributed by atoms with van der Waals surface area (Å²) in [5, 5.41) is 6.53. The van der Waals surface area contributed by atoms with Gasteiger partial charge in [0.05, 0.1) is 31.1 Å². The zero-order valence-electron chi connectivity index (χ0n) is 24.7. The number of hydrogen-bond donors (Lipinski definition) is 2. The highest BCUT2D eigenvalue weighted by molar-refractivity contribution is 6.05. The van der Waals surface area contributed by atoms with E-state index in [0.29, 0.717) is 51.0 Å². The summed E-state index contributed by atoms with van der Waals surface area (Å²) in [6, 6.07) is 12.3. The van der Waals surface area contributed by atoms with Crippen molar-refractivity contribution < 1.29 is 27.8 Å². The zero-order valence-corrected chi connectivity index (χ0v) is 24.7. The Morgan fingerprint density at radius 1 is 1.02 bits per heavy atom. The molecule has 226 valence electrons. The Hall–Kier alpha value is -5.23. The number of aryl methyl sites for hydroxylation is 1. The molecule has 11 nitrogen and oxygen atoms in total. The van der Waals surface area contributed by atoms with Crippen LogP contribution in [0.3, 0.4) is 0 Å². The zero-order chi connectivity index (χ0) is 30.8. The maximum atomic E-state index is 14.9. The van der Waals surface area contributed by atoms with Crippen molar-refractivity contribution in [2.24, 2.45) is 0 Å². The Bertz CT molecular complexity index is 1890. The lowest BCUT2D eigenvalue weighted by atomic mass is 10.1. The molecular formula is C32H31FN6O5. The van der Waals surface area contributed by atoms with Crippen molar-refractivity contribution in [1.29, 1.82) is 0 Å². The fourth-order valence-corrected chi connectivity index (χ4v) is 5.22. The number of benzene rings is 3. The molecule has 0 saturated carbocycles. The minimum absolute atomic E-state index is 0.115. The van der Waals surface area contributed by atoms with Gasteiger partial charge in [0.1, 0.15) is 40.7 Å². The molecular weight excluding hydrogens is 567 g/mol. The van der Waals surface area contributed by atoms with Gasteiger partial charge in [-0.2, -0.15) is 0 Å². The molecule has 0 bridgehead atoms. The van der Waals surface area contributed by atoms with E-state index in [1.807, 2.05) is 37.1 Å². The molecule has 1 aliphatic rings. The lowest BCUT2D eigenvalue weighted by Crippen LogP contribution is -2.24. The van der Waals surface area contributed by atoms with Gasteiger partial charge < -0.3 is 29.3 Å². The molecule has 0 aliphatic carbocycles. The smallest absolute Gasteiger partial charge is 0.284 e. The molecule has 1 unspecified atom stereocenters. The first-order valence-electron chi connectivity index (χ1n) is 14.0. The summed E-state index contributed by atoms with van der Waals surface area (Å²) in [6.07, 6.45) is 5.93. The molecule has 1 saturated heterocycles. The quantitative estimate of drug-likeness (QED) is 0.181. The van der Waals surface area contributed by atoms with Gasteiger partial charge in [-0.1, -0.05) is 0 Å². The number of carbonyl (C=O) groups is 1. The summed E-state index contributed by atoms with van der Waals surface area (Å²) in [4.78, 5) is 27.8. The highest BCUT2D eigenvalue weighted by Crippen LogP contribution is 2.39. The van der Waals surface area contributed by atoms with Crippen LogP contribution in [0.15, 0.2) is 71.5 Å². The van der Waals surface area contributed by atoms with Crippen LogP contribution in [0.1, 0.15) is 18.4 Å². The second-order valence-electron chi connectivity index (χ2n) is 10.5. The third-order valence-electron chi connectivity index (χ3n) is 7.62. The molecule has 0 radical (unpaired) electrons. The second kappa shape index (κ2) is 12.2. The molecule has 12 heteroatoms. The summed E-state index contributed by atoms with van der Waals surface area (Å²) in [5.41, 5.74) is 3.64. The highest BCUT2D eigenvalue weighted by atomic mass is 19.1. The van der Waals surface area contributed by atoms with Gasteiger partial charge >= 0.3 is 0 Å². The van der Waals surface area contributed by atoms with Crippen molar-refractivity contribution in [3.8, 4) is 23.0 Å². The third kappa shape index (κ3) is 5.84. The number of ether oxygens (including phenoxy) is 3. The summed E-state index contributed by atoms with van der Waals surface area (Å²) in [7, 11) is 4.94. The van der Waals surface area contributed by atoms with Crippen molar-refractivity contribution in [2.75, 3.05) is 38.4 Å². The molecule has 1 amide bonds. The van der Waals surface area contributed by atoms with E-state index in [0.717, 1.165) is 30.5 Å². The predicted octanol–water partition coefficient (Wildman–Crippen LogP) is 6.52. The standard InChI is InChI=1S/C32H31FN6O5/c1-18-10-25(29(42-4)15-27(18)44-20-7-8-23-30(12-20)43-17-36-23)37-31-21-13-26(28(41-3)14-24(21)34-16-35-31)38-32(40)22(33)11-19-6-5-9-39(19)2/h7-8,10-17,19H,5-6,9H2,1-4H3,(H,38,40)(H,34,35,37)/b22-11+. The van der Waals surface area contributed by atoms with E-state index in [1.54, 1.807) is 31.4 Å². The normalized spacial score (nSPS) is 15.5. The number of oxazole rings is 1. The van der Waals surface area contributed by atoms with Crippen LogP contribution in [0.5, 0.6) is 23.0 Å². The van der Waals surface area contributed by atoms with Crippen LogP contribution >= 0.6 is 0 Å². The molecule has 1 fully saturated rings. The molecule has 3 heterocycles. The maximum Gasteiger partial charge on any atom is 0.284 e. The van der Waals surface area contributed by atoms with E-state index < -0.39 is 11.7 Å². The number of aromatic nitrogens is 3. The SMILES string of the molecule is COc1cc2ncnc(Nc3cc(C)c(Oc4ccc5ncoc5c4)cc3OC)c2cc1NC(=O)/C(F)=C\C1CCCN1C. The van der Waals surface area contributed by atoms with Gasteiger partial charge in [-0.05, 0) is 69.3 Å². The summed E-state index contributed by atoms with van der Waals surface area (Å²) >= 11 is 0. The van der Waals surface area contributed by atoms with E-state index in [-0.39, 0.29) is 11.7 Å². The first kappa shape index (κ1) is 28.9. The molecule has 0 spiro atoms. The summed E-state index contributed by atoms with van der Waals surface area (Å²) in [6.45, 7) is 2.78. The first-order valence-corrected chi connectivity index (χ1v) is 14.0. The molecule has 1 atom stereocenters. The highest BCUT2D eigenvalue weighted by Gasteiger charge is 2.22. The van der Waals surface area contributed by atoms with Crippen molar-refractivity contribution in [3.05, 3.63) is 72.7 Å². The van der Waals surface area contributed by atoms with Gasteiger partial charge in [-0.25, -0.2) is 19.3 Å². The van der Waals surface area contributed by atoms with Crippen LogP contribution in [0, 0.1) is 6.92 Å². The number of carbonyl (C=O) groups excluding carboxylic acids is 1. The number of hydrogen-bond acceptors (Lipinski definition) is 10. The monoisotopic (exact) mass is 598 g/mol. The van der Waals surface area contributed by atoms with Crippen LogP contribution in [0.2, 0.25) is 0 Å². The van der Waals surface area contributed by atoms with E-state index in [9.17, 15) is 9.18 Å². The molecule has 6 rings (SSSR count). The van der Waals surface area contributed by atoms with Crippen LogP contribution in [-0.2, 0) is 4.79 Å². The average Bonchev–Trinajstić information content (AvgIpc) is 3.66. The first-order chi connectivity index (χ1) is 21.3. The number of halogens is 1. The maximum absolute atomic E-state index is 14.9. The van der Waals surface area contributed by atoms with Gasteiger partial charge in [0.25, 0.3) is 5.91 Å². The van der Waals surface area contributed by atoms with E-state index >= 15 is 0 Å². The van der Waals surface area contributed by atoms with Crippen LogP contribution < -0.4 is 24.8 Å². The summed E-state index contributed by atoms with van der Waals surface area (Å²) in [5.74, 6) is 0.753. The van der Waals surface area contributed by atoms with Crippen LogP contribution in [0.4, 0.5) is 21.6 Å². The van der Waals surface area contributed by atoms with Crippen molar-refractivity contribution >= 4 is 45.1 Å². The fourth-order valence-electron chi connectivity index (χ4n) is 5.22. The van der Waals surface area contributed by atoms with E-state index in [4.69, 9.17) is 18.6 Å². The topological polar surface area (TPSA) is 124 Å². The Kier molecular flexibility index (Phi) is 7.99. The van der Waals surface area contributed by atoms with Crippen LogP contribution in [0.25, 0.3) is 22.0 Å². The molecule has 2 aromatic heterocycles. The third-order valence-corrected chi connectivity index (χ3v) is 7.62. The van der Waals surface area contributed by atoms with Crippen molar-refractivity contribution in [3.63, 3.8) is 0 Å². The number of likely N-dealkylation sites (N-methyl/N-ethyl adjacent to an activating group) is 1. The number of methoxy groups -OCH3 is 2. The molecule has 44 heavy (non-hydrogen) atoms. The minimum atomic E-state index is -0.857. The largest absolute Gasteiger partial charge is 0.494 e. The number of likely N-dealkylation sites (tertiary alicyclic amines) is 1. The number of fused-ring (bicyclic) bond motifs is 2. The Balaban J connectivity index is 1.28. The number of nitrogens with one attached hydrogen (secondary N) is 2. The molecule has 3 aromatic carbocycles. The molecule has 5 aromatic rings. The van der Waals surface area contributed by atoms with E-state index in [1.165, 1.54) is 25.9 Å². The van der Waals surface area contributed by atoms with Gasteiger partial charge in [0, 0.05) is 29.6 Å². The Labute approximate surface area is 252 Å². The Morgan fingerprint density at radius 3 is 2.61 bits per heavy atom. The van der Waals surface area contributed by atoms with Crippen molar-refractivity contribution in [1.82, 2.24) is 19.9 Å². The summed E-state index contributed by atoms with van der Waals surface area (Å²) < 4.78 is 37.6. The second-order valence-corrected chi connectivity index (χ2v) is 10.5. The predicted molar refractivity (Wildman–Crippen MR) is 165 cm³/mol. The molecule has 2 N–H and O–H groups in total. The fraction of sp³-hybridized carbons (Fsp3) is 0.250. The minimum Gasteiger partial charge on any atom is -0.494 e. The van der Waals surface area contributed by atoms with Crippen molar-refractivity contribution in [2.45, 2.75) is 25.8 Å². The lowest BCUT2D eigenvalue weighted by Gasteiger charge is -2.17. The van der Waals surface area contributed by atoms with Crippen LogP contribution in [-0.4, -0.2) is 59.6 Å². The van der Waals surface area contributed by atoms with Gasteiger partial charge in [-0.15, -0.1) is 0 Å². The van der Waals surface area contributed by atoms with Gasteiger partial charge in [0.2, 0.25) is 0 Å². The van der Waals surface area contributed by atoms with Gasteiger partial charge in [-0.3, -0.25) is 9.69 Å². The molecule has 1 aliphatic heterocycles. The lowest BCUT2D eigenvalue weighted by molar-refractivity contribution is -0.114. The number of anilines is 3. The van der Waals surface area contributed by atoms with Gasteiger partial charge in [0.15, 0.2) is 17.8 Å². The van der Waals surface area contributed by atoms with E-state index in [2.05, 4.69) is 25.6 Å².